The molecule has 0 spiro atoms. The average Bonchev–Trinajstić information content (AvgIpc) is 2.45. The Labute approximate surface area is 72.5 Å². The summed E-state index contributed by atoms with van der Waals surface area (Å²) in [4.78, 5) is 11.4. The minimum Gasteiger partial charge on any atom is -0.300 e. The molecule has 5 aliphatic rings. The summed E-state index contributed by atoms with van der Waals surface area (Å²) in [7, 11) is 0. The Morgan fingerprint density at radius 2 is 1.75 bits per heavy atom. The maximum absolute atomic E-state index is 11.4. The number of hydrogen-bond acceptors (Lipinski definition) is 1. The van der Waals surface area contributed by atoms with Crippen LogP contribution in [-0.4, -0.2) is 5.78 Å². The van der Waals surface area contributed by atoms with Crippen LogP contribution in [0.3, 0.4) is 0 Å². The van der Waals surface area contributed by atoms with Crippen LogP contribution in [0.4, 0.5) is 0 Å². The molecule has 0 aromatic carbocycles. The van der Waals surface area contributed by atoms with Crippen molar-refractivity contribution in [1.29, 1.82) is 0 Å². The van der Waals surface area contributed by atoms with Crippen molar-refractivity contribution in [1.82, 2.24) is 0 Å². The largest absolute Gasteiger partial charge is 0.300 e. The van der Waals surface area contributed by atoms with Crippen molar-refractivity contribution >= 4 is 5.78 Å². The van der Waals surface area contributed by atoms with Crippen molar-refractivity contribution < 1.29 is 4.79 Å². The van der Waals surface area contributed by atoms with Gasteiger partial charge in [0.1, 0.15) is 5.78 Å². The highest BCUT2D eigenvalue weighted by Crippen LogP contribution is 2.82. The van der Waals surface area contributed by atoms with E-state index >= 15 is 0 Å². The molecule has 7 atom stereocenters. The fourth-order valence-electron chi connectivity index (χ4n) is 5.18. The maximum atomic E-state index is 11.4. The van der Waals surface area contributed by atoms with Crippen LogP contribution in [0.1, 0.15) is 19.8 Å². The smallest absolute Gasteiger partial charge is 0.133 e. The SMILES string of the molecule is CC(=O)[C@@H]1C[C@@H]2[C@H]3C[C@H]4[C@@H]2[C@H]4[C@H]31. The van der Waals surface area contributed by atoms with Gasteiger partial charge >= 0.3 is 0 Å². The second-order valence-electron chi connectivity index (χ2n) is 5.41. The second-order valence-corrected chi connectivity index (χ2v) is 5.41. The maximum Gasteiger partial charge on any atom is 0.133 e. The van der Waals surface area contributed by atoms with E-state index < -0.39 is 0 Å². The number of carbonyl (C=O) groups excluding carboxylic acids is 1. The van der Waals surface area contributed by atoms with Gasteiger partial charge in [-0.15, -0.1) is 0 Å². The van der Waals surface area contributed by atoms with E-state index in [4.69, 9.17) is 0 Å². The molecule has 5 fully saturated rings. The van der Waals surface area contributed by atoms with Crippen molar-refractivity contribution in [3.05, 3.63) is 0 Å². The molecule has 12 heavy (non-hydrogen) atoms. The predicted octanol–water partition coefficient (Wildman–Crippen LogP) is 1.72. The normalized spacial score (nSPS) is 68.9. The molecule has 0 aliphatic heterocycles. The van der Waals surface area contributed by atoms with Gasteiger partial charge in [0.2, 0.25) is 0 Å². The van der Waals surface area contributed by atoms with Crippen molar-refractivity contribution in [3.8, 4) is 0 Å². The number of ketones is 1. The minimum atomic E-state index is 0.485. The Kier molecular flexibility index (Phi) is 0.779. The van der Waals surface area contributed by atoms with Gasteiger partial charge in [-0.25, -0.2) is 0 Å². The summed E-state index contributed by atoms with van der Waals surface area (Å²) >= 11 is 0. The van der Waals surface area contributed by atoms with E-state index in [1.807, 2.05) is 0 Å². The topological polar surface area (TPSA) is 17.1 Å². The first-order chi connectivity index (χ1) is 5.79. The van der Waals surface area contributed by atoms with Crippen LogP contribution in [0.15, 0.2) is 0 Å². The van der Waals surface area contributed by atoms with Gasteiger partial charge in [-0.1, -0.05) is 0 Å². The Balaban J connectivity index is 1.79. The molecule has 5 aliphatic carbocycles. The first kappa shape index (κ1) is 6.17. The summed E-state index contributed by atoms with van der Waals surface area (Å²) in [6.45, 7) is 1.81. The second kappa shape index (κ2) is 1.51. The van der Waals surface area contributed by atoms with Crippen molar-refractivity contribution in [2.45, 2.75) is 19.8 Å². The molecule has 0 radical (unpaired) electrons. The summed E-state index contributed by atoms with van der Waals surface area (Å²) in [6.07, 6.45) is 2.76. The highest BCUT2D eigenvalue weighted by Gasteiger charge is 2.77. The molecule has 0 amide bonds. The third-order valence-electron chi connectivity index (χ3n) is 5.33. The summed E-state index contributed by atoms with van der Waals surface area (Å²) in [5, 5.41) is 0. The lowest BCUT2D eigenvalue weighted by Crippen LogP contribution is -2.20. The zero-order chi connectivity index (χ0) is 8.03. The molecule has 64 valence electrons. The van der Waals surface area contributed by atoms with E-state index in [1.54, 1.807) is 6.92 Å². The zero-order valence-electron chi connectivity index (χ0n) is 7.36. The van der Waals surface area contributed by atoms with Gasteiger partial charge in [-0.2, -0.15) is 0 Å². The van der Waals surface area contributed by atoms with Crippen molar-refractivity contribution in [2.24, 2.45) is 41.4 Å². The van der Waals surface area contributed by atoms with Crippen molar-refractivity contribution in [3.63, 3.8) is 0 Å². The first-order valence-corrected chi connectivity index (χ1v) is 5.29. The number of rotatable bonds is 1. The van der Waals surface area contributed by atoms with Crippen LogP contribution in [0, 0.1) is 41.4 Å². The summed E-state index contributed by atoms with van der Waals surface area (Å²) < 4.78 is 0. The van der Waals surface area contributed by atoms with E-state index in [-0.39, 0.29) is 0 Å². The number of Topliss-reactive ketones (excluding diaryl/α,β-unsaturated/α-hetero) is 1. The molecule has 0 unspecified atom stereocenters. The number of hydrogen-bond donors (Lipinski definition) is 0. The molecule has 0 aromatic heterocycles. The lowest BCUT2D eigenvalue weighted by atomic mass is 9.86. The Bertz CT molecular complexity index is 283. The lowest BCUT2D eigenvalue weighted by Gasteiger charge is -2.17. The number of carbonyl (C=O) groups is 1. The molecule has 1 heteroatoms. The van der Waals surface area contributed by atoms with Gasteiger partial charge in [0.15, 0.2) is 0 Å². The summed E-state index contributed by atoms with van der Waals surface area (Å²) in [5.41, 5.74) is 0. The van der Waals surface area contributed by atoms with Crippen LogP contribution in [0.5, 0.6) is 0 Å². The molecule has 5 rings (SSSR count). The Hall–Kier alpha value is -0.330. The van der Waals surface area contributed by atoms with Crippen LogP contribution >= 0.6 is 0 Å². The third-order valence-corrected chi connectivity index (χ3v) is 5.33. The molecule has 5 saturated carbocycles. The highest BCUT2D eigenvalue weighted by molar-refractivity contribution is 5.79. The van der Waals surface area contributed by atoms with Crippen LogP contribution < -0.4 is 0 Å². The third kappa shape index (κ3) is 0.419. The molecular formula is C11H14O. The Morgan fingerprint density at radius 1 is 1.00 bits per heavy atom. The Morgan fingerprint density at radius 3 is 2.25 bits per heavy atom. The monoisotopic (exact) mass is 162 g/mol. The van der Waals surface area contributed by atoms with Crippen molar-refractivity contribution in [2.75, 3.05) is 0 Å². The van der Waals surface area contributed by atoms with E-state index in [2.05, 4.69) is 0 Å². The van der Waals surface area contributed by atoms with E-state index in [1.165, 1.54) is 12.8 Å². The molecule has 1 nitrogen and oxygen atoms in total. The summed E-state index contributed by atoms with van der Waals surface area (Å²) in [5.74, 6) is 7.07. The average molecular weight is 162 g/mol. The van der Waals surface area contributed by atoms with Crippen LogP contribution in [-0.2, 0) is 4.79 Å². The van der Waals surface area contributed by atoms with Gasteiger partial charge in [0.25, 0.3) is 0 Å². The molecule has 6 bridgehead atoms. The predicted molar refractivity (Wildman–Crippen MR) is 44.3 cm³/mol. The first-order valence-electron chi connectivity index (χ1n) is 5.29. The van der Waals surface area contributed by atoms with Gasteiger partial charge in [0, 0.05) is 5.92 Å². The standard InChI is InChI=1S/C11H14O/c1-4(12)5-2-6-7-3-8-10(6)11(8)9(5)7/h5-11H,2-3H2,1H3/t5-,6+,7+,8-,9-,10+,11+/m0/s1. The molecule has 0 heterocycles. The van der Waals surface area contributed by atoms with Gasteiger partial charge < -0.3 is 0 Å². The lowest BCUT2D eigenvalue weighted by molar-refractivity contribution is -0.122. The molecule has 0 aromatic rings. The fraction of sp³-hybridized carbons (Fsp3) is 0.909. The van der Waals surface area contributed by atoms with E-state index in [0.717, 1.165) is 35.5 Å². The zero-order valence-corrected chi connectivity index (χ0v) is 7.36. The molecule has 0 N–H and O–H groups in total. The quantitative estimate of drug-likeness (QED) is 0.574. The van der Waals surface area contributed by atoms with Gasteiger partial charge in [-0.05, 0) is 55.3 Å². The van der Waals surface area contributed by atoms with Gasteiger partial charge in [0.05, 0.1) is 0 Å². The minimum absolute atomic E-state index is 0.485. The highest BCUT2D eigenvalue weighted by atomic mass is 16.1. The molecule has 0 saturated heterocycles. The van der Waals surface area contributed by atoms with Crippen LogP contribution in [0.25, 0.3) is 0 Å². The van der Waals surface area contributed by atoms with E-state index in [0.29, 0.717) is 11.7 Å². The summed E-state index contributed by atoms with van der Waals surface area (Å²) in [6, 6.07) is 0. The van der Waals surface area contributed by atoms with Gasteiger partial charge in [-0.3, -0.25) is 4.79 Å². The van der Waals surface area contributed by atoms with E-state index in [9.17, 15) is 4.79 Å². The molecular weight excluding hydrogens is 148 g/mol. The van der Waals surface area contributed by atoms with Crippen LogP contribution in [0.2, 0.25) is 0 Å². The fourth-order valence-corrected chi connectivity index (χ4v) is 5.18.